The molecule has 0 heterocycles. The molecule has 0 aliphatic heterocycles. The SMILES string of the molecule is CCC[P+](CO)(CO)CO.[Br-]. The van der Waals surface area contributed by atoms with Crippen molar-refractivity contribution in [3.8, 4) is 0 Å². The number of halogens is 1. The fourth-order valence-corrected chi connectivity index (χ4v) is 2.46. The Morgan fingerprint density at radius 3 is 1.45 bits per heavy atom. The number of aliphatic hydroxyl groups is 3. The lowest BCUT2D eigenvalue weighted by atomic mass is 10.6. The Labute approximate surface area is 78.5 Å². The first-order chi connectivity index (χ1) is 4.74. The van der Waals surface area contributed by atoms with Crippen molar-refractivity contribution in [2.75, 3.05) is 25.2 Å². The second kappa shape index (κ2) is 7.44. The van der Waals surface area contributed by atoms with Gasteiger partial charge >= 0.3 is 0 Å². The van der Waals surface area contributed by atoms with Crippen LogP contribution in [0.3, 0.4) is 0 Å². The predicted octanol–water partition coefficient (Wildman–Crippen LogP) is -2.73. The van der Waals surface area contributed by atoms with Crippen molar-refractivity contribution in [2.45, 2.75) is 13.3 Å². The fourth-order valence-electron chi connectivity index (χ4n) is 0.821. The highest BCUT2D eigenvalue weighted by Crippen LogP contribution is 2.56. The quantitative estimate of drug-likeness (QED) is 0.462. The van der Waals surface area contributed by atoms with Crippen LogP contribution in [0.5, 0.6) is 0 Å². The summed E-state index contributed by atoms with van der Waals surface area (Å²) >= 11 is 0. The van der Waals surface area contributed by atoms with E-state index in [2.05, 4.69) is 0 Å². The van der Waals surface area contributed by atoms with E-state index in [0.29, 0.717) is 0 Å². The molecule has 0 rings (SSSR count). The number of aliphatic hydroxyl groups excluding tert-OH is 3. The van der Waals surface area contributed by atoms with Gasteiger partial charge in [0.25, 0.3) is 0 Å². The summed E-state index contributed by atoms with van der Waals surface area (Å²) in [6.45, 7) is 1.98. The summed E-state index contributed by atoms with van der Waals surface area (Å²) in [5.74, 6) is 0. The molecule has 0 spiro atoms. The Balaban J connectivity index is 0. The molecule has 0 aromatic heterocycles. The highest BCUT2D eigenvalue weighted by atomic mass is 79.9. The van der Waals surface area contributed by atoms with Crippen molar-refractivity contribution in [1.29, 1.82) is 0 Å². The van der Waals surface area contributed by atoms with Crippen LogP contribution in [0.2, 0.25) is 0 Å². The first-order valence-corrected chi connectivity index (χ1v) is 5.95. The third kappa shape index (κ3) is 4.38. The smallest absolute Gasteiger partial charge is 0.158 e. The van der Waals surface area contributed by atoms with Crippen LogP contribution >= 0.6 is 7.26 Å². The molecule has 0 saturated carbocycles. The minimum absolute atomic E-state index is 0. The van der Waals surface area contributed by atoms with Crippen molar-refractivity contribution in [3.63, 3.8) is 0 Å². The average molecular weight is 247 g/mol. The summed E-state index contributed by atoms with van der Waals surface area (Å²) in [6.07, 6.45) is 1.58. The minimum Gasteiger partial charge on any atom is -1.00 e. The van der Waals surface area contributed by atoms with Crippen LogP contribution in [0, 0.1) is 0 Å². The summed E-state index contributed by atoms with van der Waals surface area (Å²) in [5, 5.41) is 26.5. The van der Waals surface area contributed by atoms with Crippen LogP contribution in [0.4, 0.5) is 0 Å². The molecule has 0 aliphatic rings. The van der Waals surface area contributed by atoms with E-state index in [1.807, 2.05) is 6.92 Å². The monoisotopic (exact) mass is 246 g/mol. The molecule has 0 fully saturated rings. The maximum atomic E-state index is 8.84. The minimum atomic E-state index is -1.77. The van der Waals surface area contributed by atoms with E-state index in [1.54, 1.807) is 0 Å². The first kappa shape index (κ1) is 14.3. The zero-order chi connectivity index (χ0) is 8.04. The van der Waals surface area contributed by atoms with Gasteiger partial charge in [0, 0.05) is 0 Å². The van der Waals surface area contributed by atoms with Crippen molar-refractivity contribution in [3.05, 3.63) is 0 Å². The second-order valence-corrected chi connectivity index (χ2v) is 6.47. The third-order valence-corrected chi connectivity index (χ3v) is 4.79. The molecule has 0 unspecified atom stereocenters. The summed E-state index contributed by atoms with van der Waals surface area (Å²) < 4.78 is 0. The van der Waals surface area contributed by atoms with Crippen LogP contribution in [-0.2, 0) is 0 Å². The normalized spacial score (nSPS) is 10.9. The zero-order valence-corrected chi connectivity index (χ0v) is 9.18. The van der Waals surface area contributed by atoms with Gasteiger partial charge < -0.3 is 32.3 Å². The third-order valence-electron chi connectivity index (χ3n) is 1.60. The molecule has 0 aromatic carbocycles. The fraction of sp³-hybridized carbons (Fsp3) is 1.00. The van der Waals surface area contributed by atoms with Gasteiger partial charge in [0.1, 0.15) is 0 Å². The molecule has 0 bridgehead atoms. The van der Waals surface area contributed by atoms with E-state index in [0.717, 1.165) is 12.6 Å². The van der Waals surface area contributed by atoms with E-state index in [1.165, 1.54) is 0 Å². The lowest BCUT2D eigenvalue weighted by Gasteiger charge is -2.18. The lowest BCUT2D eigenvalue weighted by molar-refractivity contribution is -0.00000478. The van der Waals surface area contributed by atoms with Crippen molar-refractivity contribution in [1.82, 2.24) is 0 Å². The molecule has 70 valence electrons. The molecule has 0 amide bonds. The van der Waals surface area contributed by atoms with Gasteiger partial charge in [0.05, 0.1) is 13.4 Å². The molecule has 0 radical (unpaired) electrons. The van der Waals surface area contributed by atoms with Gasteiger partial charge in [-0.25, -0.2) is 0 Å². The van der Waals surface area contributed by atoms with Crippen molar-refractivity contribution >= 4 is 7.26 Å². The number of hydrogen-bond acceptors (Lipinski definition) is 3. The topological polar surface area (TPSA) is 60.7 Å². The summed E-state index contributed by atoms with van der Waals surface area (Å²) in [5.41, 5.74) is 0. The van der Waals surface area contributed by atoms with Gasteiger partial charge in [-0.05, 0) is 6.42 Å². The molecule has 3 nitrogen and oxygen atoms in total. The van der Waals surface area contributed by atoms with E-state index in [-0.39, 0.29) is 36.0 Å². The van der Waals surface area contributed by atoms with Crippen molar-refractivity contribution in [2.24, 2.45) is 0 Å². The molecule has 0 aromatic rings. The molecule has 0 aliphatic carbocycles. The summed E-state index contributed by atoms with van der Waals surface area (Å²) in [6, 6.07) is 0. The van der Waals surface area contributed by atoms with Gasteiger partial charge in [-0.2, -0.15) is 0 Å². The summed E-state index contributed by atoms with van der Waals surface area (Å²) in [4.78, 5) is 0. The highest BCUT2D eigenvalue weighted by molar-refractivity contribution is 7.75. The van der Waals surface area contributed by atoms with Crippen LogP contribution in [0.15, 0.2) is 0 Å². The number of rotatable bonds is 5. The van der Waals surface area contributed by atoms with Gasteiger partial charge in [0.2, 0.25) is 0 Å². The lowest BCUT2D eigenvalue weighted by Crippen LogP contribution is -3.00. The predicted molar refractivity (Wildman–Crippen MR) is 43.3 cm³/mol. The Bertz CT molecular complexity index is 79.6. The van der Waals surface area contributed by atoms with E-state index < -0.39 is 7.26 Å². The molecular formula is C6H16BrO3P. The molecule has 0 saturated heterocycles. The van der Waals surface area contributed by atoms with Gasteiger partial charge in [-0.3, -0.25) is 0 Å². The molecule has 0 atom stereocenters. The summed E-state index contributed by atoms with van der Waals surface area (Å²) in [7, 11) is -1.77. The molecule has 3 N–H and O–H groups in total. The van der Waals surface area contributed by atoms with Gasteiger partial charge in [-0.15, -0.1) is 0 Å². The Morgan fingerprint density at radius 2 is 1.36 bits per heavy atom. The van der Waals surface area contributed by atoms with Crippen molar-refractivity contribution < 1.29 is 32.3 Å². The molecule has 5 heteroatoms. The largest absolute Gasteiger partial charge is 1.00 e. The van der Waals surface area contributed by atoms with Gasteiger partial charge in [0.15, 0.2) is 19.0 Å². The standard InChI is InChI=1S/C6H16O3P.BrH/c1-2-3-10(4-7,5-8)6-9;/h7-9H,2-6H2,1H3;1H/q+1;/p-1. The molecular weight excluding hydrogens is 231 g/mol. The zero-order valence-electron chi connectivity index (χ0n) is 6.70. The Morgan fingerprint density at radius 1 is 1.00 bits per heavy atom. The van der Waals surface area contributed by atoms with Crippen LogP contribution in [0.1, 0.15) is 13.3 Å². The molecule has 11 heavy (non-hydrogen) atoms. The maximum absolute atomic E-state index is 8.84. The second-order valence-electron chi connectivity index (χ2n) is 2.49. The van der Waals surface area contributed by atoms with Crippen LogP contribution < -0.4 is 17.0 Å². The Kier molecular flexibility index (Phi) is 9.69. The van der Waals surface area contributed by atoms with E-state index >= 15 is 0 Å². The van der Waals surface area contributed by atoms with Gasteiger partial charge in [-0.1, -0.05) is 6.92 Å². The Hall–Kier alpha value is 0.790. The van der Waals surface area contributed by atoms with E-state index in [9.17, 15) is 0 Å². The van der Waals surface area contributed by atoms with E-state index in [4.69, 9.17) is 15.3 Å². The van der Waals surface area contributed by atoms with Crippen LogP contribution in [-0.4, -0.2) is 40.5 Å². The average Bonchev–Trinajstić information content (AvgIpc) is 2.01. The number of hydrogen-bond donors (Lipinski definition) is 3. The first-order valence-electron chi connectivity index (χ1n) is 3.42. The highest BCUT2D eigenvalue weighted by Gasteiger charge is 2.34. The maximum Gasteiger partial charge on any atom is 0.158 e. The van der Waals surface area contributed by atoms with Crippen LogP contribution in [0.25, 0.3) is 0 Å².